The molecule has 0 bridgehead atoms. The van der Waals surface area contributed by atoms with Crippen molar-refractivity contribution in [3.8, 4) is 11.5 Å². The number of ether oxygens (including phenoxy) is 1. The summed E-state index contributed by atoms with van der Waals surface area (Å²) in [4.78, 5) is 4.04. The first-order chi connectivity index (χ1) is 8.10. The summed E-state index contributed by atoms with van der Waals surface area (Å²) in [5.74, 6) is 1.03. The molecule has 0 spiro atoms. The molecule has 1 aromatic rings. The van der Waals surface area contributed by atoms with Crippen LogP contribution in [0.25, 0.3) is 0 Å². The largest absolute Gasteiger partial charge is 0.507 e. The van der Waals surface area contributed by atoms with E-state index in [9.17, 15) is 5.11 Å². The summed E-state index contributed by atoms with van der Waals surface area (Å²) in [7, 11) is 1.57. The van der Waals surface area contributed by atoms with Gasteiger partial charge in [0.25, 0.3) is 0 Å². The maximum absolute atomic E-state index is 9.92. The molecule has 4 heteroatoms. The van der Waals surface area contributed by atoms with Crippen molar-refractivity contribution in [2.24, 2.45) is 4.99 Å². The predicted molar refractivity (Wildman–Crippen MR) is 68.3 cm³/mol. The fourth-order valence-corrected chi connectivity index (χ4v) is 1.58. The first kappa shape index (κ1) is 13.5. The summed E-state index contributed by atoms with van der Waals surface area (Å²) in [5.41, 5.74) is 1.66. The minimum atomic E-state index is 0.00439. The summed E-state index contributed by atoms with van der Waals surface area (Å²) in [6.07, 6.45) is 1.60. The van der Waals surface area contributed by atoms with E-state index in [1.165, 1.54) is 0 Å². The van der Waals surface area contributed by atoms with Gasteiger partial charge in [-0.3, -0.25) is 4.99 Å². The van der Waals surface area contributed by atoms with Crippen LogP contribution >= 0.6 is 0 Å². The molecule has 94 valence electrons. The Morgan fingerprint density at radius 3 is 2.65 bits per heavy atom. The normalized spacial score (nSPS) is 11.4. The van der Waals surface area contributed by atoms with Gasteiger partial charge < -0.3 is 14.9 Å². The molecule has 2 N–H and O–H groups in total. The number of aromatic hydroxyl groups is 1. The number of aliphatic hydroxyl groups is 1. The Morgan fingerprint density at radius 1 is 1.41 bits per heavy atom. The van der Waals surface area contributed by atoms with Crippen LogP contribution < -0.4 is 4.74 Å². The molecule has 0 atom stereocenters. The third-order valence-electron chi connectivity index (χ3n) is 2.47. The van der Waals surface area contributed by atoms with Crippen LogP contribution in [0.2, 0.25) is 0 Å². The van der Waals surface area contributed by atoms with Crippen molar-refractivity contribution in [2.45, 2.75) is 19.8 Å². The number of hydrogen-bond acceptors (Lipinski definition) is 4. The second-order valence-corrected chi connectivity index (χ2v) is 4.06. The highest BCUT2D eigenvalue weighted by Crippen LogP contribution is 2.31. The summed E-state index contributed by atoms with van der Waals surface area (Å²) in [6.45, 7) is 4.42. The van der Waals surface area contributed by atoms with Crippen LogP contribution in [-0.2, 0) is 0 Å². The third-order valence-corrected chi connectivity index (χ3v) is 2.47. The maximum atomic E-state index is 9.92. The van der Waals surface area contributed by atoms with Crippen LogP contribution in [0.3, 0.4) is 0 Å². The minimum absolute atomic E-state index is 0.00439. The molecule has 0 aliphatic rings. The van der Waals surface area contributed by atoms with E-state index in [0.717, 1.165) is 5.56 Å². The lowest BCUT2D eigenvalue weighted by Gasteiger charge is -2.13. The van der Waals surface area contributed by atoms with Crippen molar-refractivity contribution in [1.82, 2.24) is 0 Å². The topological polar surface area (TPSA) is 62.0 Å². The molecule has 0 saturated heterocycles. The maximum Gasteiger partial charge on any atom is 0.128 e. The van der Waals surface area contributed by atoms with Crippen molar-refractivity contribution in [3.63, 3.8) is 0 Å². The summed E-state index contributed by atoms with van der Waals surface area (Å²) in [5, 5.41) is 18.6. The number of rotatable bonds is 5. The van der Waals surface area contributed by atoms with Gasteiger partial charge in [0.2, 0.25) is 0 Å². The van der Waals surface area contributed by atoms with Gasteiger partial charge in [0.05, 0.1) is 20.3 Å². The van der Waals surface area contributed by atoms with Crippen LogP contribution in [0, 0.1) is 0 Å². The van der Waals surface area contributed by atoms with Crippen molar-refractivity contribution in [2.75, 3.05) is 20.3 Å². The smallest absolute Gasteiger partial charge is 0.128 e. The number of phenols is 1. The molecule has 0 fully saturated rings. The molecule has 17 heavy (non-hydrogen) atoms. The zero-order valence-electron chi connectivity index (χ0n) is 10.5. The molecule has 1 rings (SSSR count). The third kappa shape index (κ3) is 3.46. The average molecular weight is 237 g/mol. The van der Waals surface area contributed by atoms with Gasteiger partial charge in [0.15, 0.2) is 0 Å². The van der Waals surface area contributed by atoms with E-state index >= 15 is 0 Å². The van der Waals surface area contributed by atoms with Gasteiger partial charge in [0, 0.05) is 17.8 Å². The molecular weight excluding hydrogens is 218 g/mol. The second kappa shape index (κ2) is 6.25. The molecule has 0 aromatic heterocycles. The van der Waals surface area contributed by atoms with Gasteiger partial charge in [0.1, 0.15) is 11.5 Å². The quantitative estimate of drug-likeness (QED) is 0.769. The second-order valence-electron chi connectivity index (χ2n) is 4.06. The molecule has 0 unspecified atom stereocenters. The van der Waals surface area contributed by atoms with Crippen LogP contribution in [0.15, 0.2) is 17.1 Å². The lowest BCUT2D eigenvalue weighted by atomic mass is 9.96. The van der Waals surface area contributed by atoms with Gasteiger partial charge in [-0.2, -0.15) is 0 Å². The van der Waals surface area contributed by atoms with E-state index in [4.69, 9.17) is 9.84 Å². The number of aliphatic hydroxyl groups excluding tert-OH is 1. The van der Waals surface area contributed by atoms with Crippen LogP contribution in [0.4, 0.5) is 0 Å². The van der Waals surface area contributed by atoms with Gasteiger partial charge in [-0.1, -0.05) is 13.8 Å². The lowest BCUT2D eigenvalue weighted by Crippen LogP contribution is -1.99. The zero-order valence-corrected chi connectivity index (χ0v) is 10.5. The molecule has 0 aliphatic carbocycles. The van der Waals surface area contributed by atoms with Crippen molar-refractivity contribution in [1.29, 1.82) is 0 Å². The predicted octanol–water partition coefficient (Wildman–Crippen LogP) is 1.94. The van der Waals surface area contributed by atoms with Crippen molar-refractivity contribution >= 4 is 6.21 Å². The highest BCUT2D eigenvalue weighted by molar-refractivity contribution is 5.86. The van der Waals surface area contributed by atoms with Gasteiger partial charge in [-0.25, -0.2) is 0 Å². The Morgan fingerprint density at radius 2 is 2.12 bits per heavy atom. The van der Waals surface area contributed by atoms with E-state index in [-0.39, 0.29) is 18.3 Å². The molecule has 0 saturated carbocycles. The van der Waals surface area contributed by atoms with Gasteiger partial charge in [-0.05, 0) is 17.5 Å². The Bertz CT molecular complexity index is 400. The highest BCUT2D eigenvalue weighted by Gasteiger charge is 2.11. The van der Waals surface area contributed by atoms with E-state index in [1.54, 1.807) is 19.4 Å². The summed E-state index contributed by atoms with van der Waals surface area (Å²) >= 11 is 0. The first-order valence-electron chi connectivity index (χ1n) is 5.61. The standard InChI is InChI=1S/C13H19NO3/c1-9(2)11-6-10(17-3)7-13(16)12(11)8-14-4-5-15/h6-9,15-16H,4-5H2,1-3H3. The fourth-order valence-electron chi connectivity index (χ4n) is 1.58. The van der Waals surface area contributed by atoms with Crippen LogP contribution in [0.5, 0.6) is 11.5 Å². The SMILES string of the molecule is COc1cc(O)c(C=NCCO)c(C(C)C)c1. The van der Waals surface area contributed by atoms with E-state index in [2.05, 4.69) is 4.99 Å². The minimum Gasteiger partial charge on any atom is -0.507 e. The molecule has 0 aliphatic heterocycles. The molecular formula is C13H19NO3. The molecule has 0 radical (unpaired) electrons. The molecule has 4 nitrogen and oxygen atoms in total. The number of phenolic OH excluding ortho intramolecular Hbond substituents is 1. The number of nitrogens with zero attached hydrogens (tertiary/aromatic N) is 1. The molecule has 0 heterocycles. The molecule has 1 aromatic carbocycles. The number of aliphatic imine (C=N–C) groups is 1. The first-order valence-corrected chi connectivity index (χ1v) is 5.61. The summed E-state index contributed by atoms with van der Waals surface area (Å²) < 4.78 is 5.12. The Kier molecular flexibility index (Phi) is 4.97. The summed E-state index contributed by atoms with van der Waals surface area (Å²) in [6, 6.07) is 3.46. The van der Waals surface area contributed by atoms with Crippen molar-refractivity contribution < 1.29 is 14.9 Å². The van der Waals surface area contributed by atoms with Crippen LogP contribution in [0.1, 0.15) is 30.9 Å². The van der Waals surface area contributed by atoms with Crippen molar-refractivity contribution in [3.05, 3.63) is 23.3 Å². The lowest BCUT2D eigenvalue weighted by molar-refractivity contribution is 0.307. The van der Waals surface area contributed by atoms with Gasteiger partial charge >= 0.3 is 0 Å². The zero-order chi connectivity index (χ0) is 12.8. The molecule has 0 amide bonds. The highest BCUT2D eigenvalue weighted by atomic mass is 16.5. The van der Waals surface area contributed by atoms with Crippen LogP contribution in [-0.4, -0.2) is 36.7 Å². The Labute approximate surface area is 102 Å². The number of methoxy groups -OCH3 is 1. The van der Waals surface area contributed by atoms with E-state index in [0.29, 0.717) is 17.9 Å². The Hall–Kier alpha value is -1.55. The number of hydrogen-bond donors (Lipinski definition) is 2. The monoisotopic (exact) mass is 237 g/mol. The Balaban J connectivity index is 3.17. The van der Waals surface area contributed by atoms with E-state index < -0.39 is 0 Å². The number of benzene rings is 1. The average Bonchev–Trinajstić information content (AvgIpc) is 2.30. The fraction of sp³-hybridized carbons (Fsp3) is 0.462. The van der Waals surface area contributed by atoms with E-state index in [1.807, 2.05) is 19.9 Å². The van der Waals surface area contributed by atoms with Gasteiger partial charge in [-0.15, -0.1) is 0 Å².